The quantitative estimate of drug-likeness (QED) is 0.615. The lowest BCUT2D eigenvalue weighted by Crippen LogP contribution is -2.40. The van der Waals surface area contributed by atoms with E-state index in [1.807, 2.05) is 0 Å². The molecule has 1 aliphatic rings. The van der Waals surface area contributed by atoms with Gasteiger partial charge >= 0.3 is 0 Å². The van der Waals surface area contributed by atoms with Crippen LogP contribution in [0.4, 0.5) is 5.69 Å². The van der Waals surface area contributed by atoms with E-state index in [1.165, 1.54) is 12.1 Å². The molecule has 0 bridgehead atoms. The fourth-order valence-electron chi connectivity index (χ4n) is 1.97. The predicted octanol–water partition coefficient (Wildman–Crippen LogP) is 2.03. The Labute approximate surface area is 115 Å². The molecule has 1 aromatic rings. The number of nitro benzene ring substituents is 1. The number of aryl methyl sites for hydroxylation is 1. The number of ether oxygens (including phenoxy) is 1. The molecule has 0 N–H and O–H groups in total. The van der Waals surface area contributed by atoms with E-state index in [1.54, 1.807) is 11.8 Å². The Kier molecular flexibility index (Phi) is 4.01. The van der Waals surface area contributed by atoms with Crippen molar-refractivity contribution in [2.45, 2.75) is 6.92 Å². The lowest BCUT2D eigenvalue weighted by atomic mass is 10.1. The maximum atomic E-state index is 12.3. The summed E-state index contributed by atoms with van der Waals surface area (Å²) in [5, 5.41) is 10.7. The molecule has 0 aromatic heterocycles. The Bertz CT molecular complexity index is 527. The molecule has 0 radical (unpaired) electrons. The zero-order valence-corrected chi connectivity index (χ0v) is 11.1. The maximum Gasteiger partial charge on any atom is 0.288 e. The molecule has 0 aliphatic carbocycles. The number of hydrogen-bond acceptors (Lipinski definition) is 4. The van der Waals surface area contributed by atoms with Crippen LogP contribution in [0.25, 0.3) is 0 Å². The average molecular weight is 285 g/mol. The summed E-state index contributed by atoms with van der Waals surface area (Å²) in [7, 11) is 0. The van der Waals surface area contributed by atoms with Gasteiger partial charge in [-0.3, -0.25) is 14.9 Å². The van der Waals surface area contributed by atoms with Crippen molar-refractivity contribution < 1.29 is 14.5 Å². The van der Waals surface area contributed by atoms with Crippen molar-refractivity contribution in [1.82, 2.24) is 4.90 Å². The van der Waals surface area contributed by atoms with E-state index >= 15 is 0 Å². The zero-order chi connectivity index (χ0) is 14.0. The summed E-state index contributed by atoms with van der Waals surface area (Å²) in [6.45, 7) is 3.72. The number of morpholine rings is 1. The molecule has 1 saturated heterocycles. The van der Waals surface area contributed by atoms with Crippen molar-refractivity contribution in [3.8, 4) is 0 Å². The van der Waals surface area contributed by atoms with Gasteiger partial charge in [-0.25, -0.2) is 0 Å². The van der Waals surface area contributed by atoms with Crippen LogP contribution in [-0.2, 0) is 4.74 Å². The Hall–Kier alpha value is -1.66. The molecule has 1 heterocycles. The molecular formula is C12H13ClN2O4. The van der Waals surface area contributed by atoms with E-state index in [0.717, 1.165) is 0 Å². The van der Waals surface area contributed by atoms with Gasteiger partial charge in [-0.05, 0) is 18.6 Å². The second kappa shape index (κ2) is 5.54. The van der Waals surface area contributed by atoms with E-state index in [4.69, 9.17) is 16.3 Å². The van der Waals surface area contributed by atoms with Crippen LogP contribution in [0.3, 0.4) is 0 Å². The van der Waals surface area contributed by atoms with Crippen LogP contribution in [-0.4, -0.2) is 42.0 Å². The van der Waals surface area contributed by atoms with E-state index < -0.39 is 4.92 Å². The highest BCUT2D eigenvalue weighted by molar-refractivity contribution is 6.33. The minimum atomic E-state index is -0.557. The zero-order valence-electron chi connectivity index (χ0n) is 10.4. The Morgan fingerprint density at radius 1 is 1.42 bits per heavy atom. The molecule has 1 amide bonds. The summed E-state index contributed by atoms with van der Waals surface area (Å²) in [6.07, 6.45) is 0. The molecule has 19 heavy (non-hydrogen) atoms. The summed E-state index contributed by atoms with van der Waals surface area (Å²) in [4.78, 5) is 24.2. The molecule has 6 nitrogen and oxygen atoms in total. The summed E-state index contributed by atoms with van der Waals surface area (Å²) in [5.41, 5.74) is 0.766. The van der Waals surface area contributed by atoms with Crippen molar-refractivity contribution in [2.24, 2.45) is 0 Å². The first-order chi connectivity index (χ1) is 9.00. The van der Waals surface area contributed by atoms with Crippen LogP contribution in [0.1, 0.15) is 15.9 Å². The number of carbonyl (C=O) groups is 1. The van der Waals surface area contributed by atoms with E-state index in [9.17, 15) is 14.9 Å². The summed E-state index contributed by atoms with van der Waals surface area (Å²) in [6, 6.07) is 2.70. The van der Waals surface area contributed by atoms with Gasteiger partial charge in [0.05, 0.1) is 18.1 Å². The predicted molar refractivity (Wildman–Crippen MR) is 69.6 cm³/mol. The van der Waals surface area contributed by atoms with E-state index in [2.05, 4.69) is 0 Å². The Morgan fingerprint density at radius 2 is 2.05 bits per heavy atom. The fraction of sp³-hybridized carbons (Fsp3) is 0.417. The molecule has 0 spiro atoms. The minimum absolute atomic E-state index is 0.0211. The van der Waals surface area contributed by atoms with Gasteiger partial charge in [-0.1, -0.05) is 11.6 Å². The van der Waals surface area contributed by atoms with Gasteiger partial charge in [0.15, 0.2) is 0 Å². The number of benzene rings is 1. The Balaban J connectivity index is 2.32. The lowest BCUT2D eigenvalue weighted by molar-refractivity contribution is -0.384. The lowest BCUT2D eigenvalue weighted by Gasteiger charge is -2.27. The fourth-order valence-corrected chi connectivity index (χ4v) is 2.21. The van der Waals surface area contributed by atoms with Crippen molar-refractivity contribution in [3.63, 3.8) is 0 Å². The number of carbonyl (C=O) groups excluding carboxylic acids is 1. The van der Waals surface area contributed by atoms with Crippen LogP contribution >= 0.6 is 11.6 Å². The number of rotatable bonds is 2. The van der Waals surface area contributed by atoms with Gasteiger partial charge in [0.25, 0.3) is 11.6 Å². The van der Waals surface area contributed by atoms with Gasteiger partial charge in [0.2, 0.25) is 0 Å². The van der Waals surface area contributed by atoms with Crippen LogP contribution in [0.15, 0.2) is 12.1 Å². The topological polar surface area (TPSA) is 72.7 Å². The molecule has 1 aliphatic heterocycles. The normalized spacial score (nSPS) is 15.4. The molecule has 7 heteroatoms. The third-order valence-electron chi connectivity index (χ3n) is 3.02. The number of nitrogens with zero attached hydrogens (tertiary/aromatic N) is 2. The third-order valence-corrected chi connectivity index (χ3v) is 3.32. The van der Waals surface area contributed by atoms with Crippen LogP contribution in [0, 0.1) is 17.0 Å². The highest BCUT2D eigenvalue weighted by atomic mass is 35.5. The molecule has 0 atom stereocenters. The van der Waals surface area contributed by atoms with Crippen LogP contribution < -0.4 is 0 Å². The van der Waals surface area contributed by atoms with Crippen LogP contribution in [0.5, 0.6) is 0 Å². The highest BCUT2D eigenvalue weighted by Gasteiger charge is 2.23. The second-order valence-corrected chi connectivity index (χ2v) is 4.69. The second-order valence-electron chi connectivity index (χ2n) is 4.28. The number of hydrogen-bond donors (Lipinski definition) is 0. The number of halogens is 1. The van der Waals surface area contributed by atoms with E-state index in [-0.39, 0.29) is 16.6 Å². The molecule has 1 aromatic carbocycles. The van der Waals surface area contributed by atoms with Gasteiger partial charge in [0.1, 0.15) is 5.02 Å². The molecule has 1 fully saturated rings. The molecular weight excluding hydrogens is 272 g/mol. The van der Waals surface area contributed by atoms with E-state index in [0.29, 0.717) is 37.4 Å². The largest absolute Gasteiger partial charge is 0.378 e. The maximum absolute atomic E-state index is 12.3. The number of amides is 1. The minimum Gasteiger partial charge on any atom is -0.378 e. The van der Waals surface area contributed by atoms with Crippen molar-refractivity contribution in [3.05, 3.63) is 38.4 Å². The van der Waals surface area contributed by atoms with Gasteiger partial charge in [-0.15, -0.1) is 0 Å². The first kappa shape index (κ1) is 13.8. The van der Waals surface area contributed by atoms with Crippen molar-refractivity contribution >= 4 is 23.2 Å². The SMILES string of the molecule is Cc1cc([N+](=O)[O-])c(Cl)cc1C(=O)N1CCOCC1. The first-order valence-electron chi connectivity index (χ1n) is 5.82. The van der Waals surface area contributed by atoms with Gasteiger partial charge < -0.3 is 9.64 Å². The molecule has 0 saturated carbocycles. The Morgan fingerprint density at radius 3 is 2.63 bits per heavy atom. The summed E-state index contributed by atoms with van der Waals surface area (Å²) in [5.74, 6) is -0.169. The van der Waals surface area contributed by atoms with Crippen molar-refractivity contribution in [2.75, 3.05) is 26.3 Å². The first-order valence-corrected chi connectivity index (χ1v) is 6.20. The number of nitro groups is 1. The monoisotopic (exact) mass is 284 g/mol. The van der Waals surface area contributed by atoms with Crippen molar-refractivity contribution in [1.29, 1.82) is 0 Å². The van der Waals surface area contributed by atoms with Gasteiger partial charge in [0, 0.05) is 24.7 Å². The summed E-state index contributed by atoms with van der Waals surface area (Å²) < 4.78 is 5.18. The molecule has 0 unspecified atom stereocenters. The highest BCUT2D eigenvalue weighted by Crippen LogP contribution is 2.28. The molecule has 2 rings (SSSR count). The summed E-state index contributed by atoms with van der Waals surface area (Å²) >= 11 is 5.84. The average Bonchev–Trinajstić information content (AvgIpc) is 2.41. The molecule has 102 valence electrons. The van der Waals surface area contributed by atoms with Gasteiger partial charge in [-0.2, -0.15) is 0 Å². The van der Waals surface area contributed by atoms with Crippen LogP contribution in [0.2, 0.25) is 5.02 Å². The third kappa shape index (κ3) is 2.85. The smallest absolute Gasteiger partial charge is 0.288 e. The standard InChI is InChI=1S/C12H13ClN2O4/c1-8-6-11(15(17)18)10(13)7-9(8)12(16)14-2-4-19-5-3-14/h6-7H,2-5H2,1H3.